The number of fused-ring (bicyclic) bond motifs is 4. The molecule has 3 aromatic heterocycles. The predicted molar refractivity (Wildman–Crippen MR) is 252 cm³/mol. The molecule has 0 unspecified atom stereocenters. The van der Waals surface area contributed by atoms with Gasteiger partial charge in [-0.25, -0.2) is 35.4 Å². The summed E-state index contributed by atoms with van der Waals surface area (Å²) < 4.78 is 198. The largest absolute Gasteiger partial charge is 0.481 e. The van der Waals surface area contributed by atoms with E-state index < -0.39 is 202 Å². The topological polar surface area (TPSA) is 270 Å². The molecule has 19 nitrogen and oxygen atoms in total. The lowest BCUT2D eigenvalue weighted by Crippen LogP contribution is -2.52. The zero-order valence-corrected chi connectivity index (χ0v) is 42.7. The number of carboxylic acids is 2. The Bertz CT molecular complexity index is 3630. The van der Waals surface area contributed by atoms with Crippen molar-refractivity contribution in [3.8, 4) is 23.0 Å². The molecule has 0 saturated heterocycles. The van der Waals surface area contributed by atoms with Crippen molar-refractivity contribution in [1.82, 2.24) is 35.2 Å². The van der Waals surface area contributed by atoms with E-state index in [0.717, 1.165) is 42.7 Å². The molecular weight excluding hydrogens is 1130 g/mol. The number of carboxylic acid groups (broad SMARTS) is 2. The van der Waals surface area contributed by atoms with Gasteiger partial charge >= 0.3 is 30.2 Å². The quantitative estimate of drug-likeness (QED) is 0.0500. The Labute approximate surface area is 438 Å². The van der Waals surface area contributed by atoms with Crippen molar-refractivity contribution in [3.63, 3.8) is 0 Å². The summed E-state index contributed by atoms with van der Waals surface area (Å²) in [4.78, 5) is 68.2. The van der Waals surface area contributed by atoms with Crippen molar-refractivity contribution in [2.24, 2.45) is 5.92 Å². The number of hydrogen-bond acceptors (Lipinski definition) is 12. The molecule has 0 spiro atoms. The number of sulfonamides is 1. The molecule has 0 aliphatic heterocycles. The average Bonchev–Trinajstić information content (AvgIpc) is 3.35. The molecule has 3 amide bonds. The zero-order chi connectivity index (χ0) is 58.2. The number of aliphatic carboxylic acids is 2. The molecule has 2 aliphatic rings. The number of nitrogens with zero attached hydrogens (tertiary/aromatic N) is 6. The van der Waals surface area contributed by atoms with E-state index in [-0.39, 0.29) is 25.7 Å². The third kappa shape index (κ3) is 12.0. The van der Waals surface area contributed by atoms with Crippen LogP contribution < -0.4 is 14.9 Å². The third-order valence-corrected chi connectivity index (χ3v) is 15.8. The van der Waals surface area contributed by atoms with Gasteiger partial charge in [0.05, 0.1) is 33.9 Å². The van der Waals surface area contributed by atoms with Gasteiger partial charge in [-0.15, -0.1) is 0 Å². The summed E-state index contributed by atoms with van der Waals surface area (Å²) in [5.74, 6) is -14.5. The summed E-state index contributed by atoms with van der Waals surface area (Å²) in [7, 11) is -9.18. The molecule has 4 N–H and O–H groups in total. The number of anilines is 1. The number of carbonyl (C=O) groups is 5. The van der Waals surface area contributed by atoms with Crippen LogP contribution in [0.2, 0.25) is 5.02 Å². The fourth-order valence-electron chi connectivity index (χ4n) is 8.71. The van der Waals surface area contributed by atoms with Crippen LogP contribution in [0.4, 0.5) is 49.7 Å². The fourth-order valence-corrected chi connectivity index (χ4v) is 10.1. The molecule has 1 saturated carbocycles. The molecule has 5 aromatic rings. The first kappa shape index (κ1) is 58.4. The van der Waals surface area contributed by atoms with E-state index in [4.69, 9.17) is 11.6 Å². The Hall–Kier alpha value is -7.33. The minimum atomic E-state index is -5.30. The first-order valence-electron chi connectivity index (χ1n) is 22.4. The number of pyridine rings is 1. The molecule has 32 heteroatoms. The van der Waals surface area contributed by atoms with Gasteiger partial charge in [-0.3, -0.25) is 28.5 Å². The van der Waals surface area contributed by atoms with E-state index >= 15 is 8.78 Å². The van der Waals surface area contributed by atoms with Crippen molar-refractivity contribution in [2.45, 2.75) is 93.6 Å². The lowest BCUT2D eigenvalue weighted by atomic mass is 9.93. The molecule has 418 valence electrons. The second-order valence-corrected chi connectivity index (χ2v) is 23.4. The van der Waals surface area contributed by atoms with Gasteiger partial charge in [-0.05, 0) is 80.8 Å². The average molecular weight is 1170 g/mol. The second-order valence-electron chi connectivity index (χ2n) is 18.6. The Balaban J connectivity index is 1.50. The van der Waals surface area contributed by atoms with Crippen LogP contribution in [0.5, 0.6) is 0 Å². The van der Waals surface area contributed by atoms with Crippen LogP contribution in [0.3, 0.4) is 0 Å². The highest BCUT2D eigenvalue weighted by atomic mass is 35.5. The minimum Gasteiger partial charge on any atom is -0.481 e. The molecule has 0 radical (unpaired) electrons. The van der Waals surface area contributed by atoms with Gasteiger partial charge in [-0.1, -0.05) is 23.6 Å². The molecule has 3 heterocycles. The summed E-state index contributed by atoms with van der Waals surface area (Å²) in [6.07, 6.45) is -12.6. The predicted octanol–water partition coefficient (Wildman–Crippen LogP) is 6.02. The zero-order valence-electron chi connectivity index (χ0n) is 40.3. The number of rotatable bonds is 16. The van der Waals surface area contributed by atoms with Gasteiger partial charge in [-0.2, -0.15) is 49.6 Å². The van der Waals surface area contributed by atoms with Crippen LogP contribution in [-0.4, -0.2) is 111 Å². The Morgan fingerprint density at radius 3 is 2.10 bits per heavy atom. The lowest BCUT2D eigenvalue weighted by Gasteiger charge is -2.24. The van der Waals surface area contributed by atoms with E-state index in [9.17, 15) is 86.1 Å². The number of alkyl halides is 8. The smallest absolute Gasteiger partial charge is 0.435 e. The maximum atomic E-state index is 15.6. The van der Waals surface area contributed by atoms with Crippen molar-refractivity contribution < 1.29 is 94.9 Å². The molecule has 7 rings (SSSR count). The highest BCUT2D eigenvalue weighted by Gasteiger charge is 2.68. The maximum Gasteiger partial charge on any atom is 0.435 e. The first-order valence-corrected chi connectivity index (χ1v) is 26.5. The molecule has 2 aliphatic carbocycles. The summed E-state index contributed by atoms with van der Waals surface area (Å²) in [5.41, 5.74) is -6.84. The van der Waals surface area contributed by atoms with E-state index in [1.165, 1.54) is 13.8 Å². The highest BCUT2D eigenvalue weighted by molar-refractivity contribution is 7.93. The molecule has 4 atom stereocenters. The maximum absolute atomic E-state index is 15.6. The molecule has 0 bridgehead atoms. The van der Waals surface area contributed by atoms with Gasteiger partial charge in [0.1, 0.15) is 46.9 Å². The van der Waals surface area contributed by atoms with Gasteiger partial charge in [0, 0.05) is 41.4 Å². The number of sulfone groups is 1. The van der Waals surface area contributed by atoms with E-state index in [2.05, 4.69) is 32.3 Å². The van der Waals surface area contributed by atoms with Crippen LogP contribution in [0.15, 0.2) is 42.5 Å². The SMILES string of the molecule is CC(C)(C#Cc1ccc(-c2ccc(Cl)c3c(N(C(=O)[C@H](CCC(=O)O)NC(=O)C(=O)O)S(C)(=O)=O)nn(CC(F)(F)F)c23)c([C@H](Cc2cc(F)cc(F)c2)NC(=O)Cn2nc(C(F)(F)F)c3c2C(F)(F)[C@@H]2C[C@H]32)n1)S(C)(=O)=O. The number of aromatic nitrogens is 5. The summed E-state index contributed by atoms with van der Waals surface area (Å²) in [6, 6.07) is 1.67. The van der Waals surface area contributed by atoms with E-state index in [1.807, 2.05) is 0 Å². The van der Waals surface area contributed by atoms with Crippen LogP contribution in [0.1, 0.15) is 79.0 Å². The number of nitrogens with one attached hydrogen (secondary N) is 2. The number of halogens is 11. The van der Waals surface area contributed by atoms with Gasteiger partial charge in [0.25, 0.3) is 11.8 Å². The van der Waals surface area contributed by atoms with Crippen molar-refractivity contribution >= 4 is 77.8 Å². The van der Waals surface area contributed by atoms with Crippen LogP contribution in [0, 0.1) is 29.4 Å². The van der Waals surface area contributed by atoms with Gasteiger partial charge in [0.15, 0.2) is 21.3 Å². The normalized spacial score (nSPS) is 16.8. The Kier molecular flexibility index (Phi) is 15.3. The number of carbonyl (C=O) groups excluding carboxylic acids is 3. The Morgan fingerprint density at radius 1 is 0.910 bits per heavy atom. The van der Waals surface area contributed by atoms with E-state index in [0.29, 0.717) is 12.3 Å². The van der Waals surface area contributed by atoms with Crippen molar-refractivity contribution in [2.75, 3.05) is 16.8 Å². The molecular formula is C46H39ClF10N8O11S2. The minimum absolute atomic E-state index is 0.0857. The second kappa shape index (κ2) is 20.5. The molecule has 2 aromatic carbocycles. The lowest BCUT2D eigenvalue weighted by molar-refractivity contribution is -0.151. The standard InChI is InChI=1S/C46H39ClF10N8O11S2/c1-43(2,77(3,73)74)12-11-23-5-6-24(25-7-8-28(47)34-36(25)64(19-44(50,51)52)62-39(34)65(78(4,75)76)41(70)29(9-10-32(67)68)60-40(69)42(71)72)35(58-23)30(15-20-13-21(48)16-22(49)14-20)59-31(66)18-63-38-33(37(61-63)46(55,56)57)26-17-27(26)45(38,53)54/h5-8,13-14,16,26-27,29-30H,9-10,15,17-19H2,1-4H3,(H,59,66)(H,60,69)(H,67,68)(H,71,72)/t26-,27+,29-,30-/m0/s1. The van der Waals surface area contributed by atoms with Crippen molar-refractivity contribution in [1.29, 1.82) is 0 Å². The van der Waals surface area contributed by atoms with Crippen LogP contribution in [-0.2, 0) is 75.4 Å². The Morgan fingerprint density at radius 2 is 1.54 bits per heavy atom. The third-order valence-electron chi connectivity index (χ3n) is 12.5. The molecule has 78 heavy (non-hydrogen) atoms. The van der Waals surface area contributed by atoms with Crippen molar-refractivity contribution in [3.05, 3.63) is 93.0 Å². The number of benzene rings is 2. The van der Waals surface area contributed by atoms with Crippen LogP contribution >= 0.6 is 11.6 Å². The van der Waals surface area contributed by atoms with Crippen LogP contribution in [0.25, 0.3) is 22.0 Å². The van der Waals surface area contributed by atoms with Gasteiger partial charge in [0.2, 0.25) is 15.9 Å². The number of amides is 3. The molecule has 1 fully saturated rings. The monoisotopic (exact) mass is 1170 g/mol. The summed E-state index contributed by atoms with van der Waals surface area (Å²) in [5, 5.41) is 28.2. The highest BCUT2D eigenvalue weighted by Crippen LogP contribution is 2.68. The summed E-state index contributed by atoms with van der Waals surface area (Å²) >= 11 is 6.61. The fraction of sp³-hybridized carbons (Fsp3) is 0.391. The van der Waals surface area contributed by atoms with Gasteiger partial charge < -0.3 is 20.8 Å². The number of hydrogen-bond donors (Lipinski definition) is 4. The first-order chi connectivity index (χ1) is 35.8. The summed E-state index contributed by atoms with van der Waals surface area (Å²) in [6.45, 7) is -1.16. The van der Waals surface area contributed by atoms with E-state index in [1.54, 1.807) is 5.32 Å².